The summed E-state index contributed by atoms with van der Waals surface area (Å²) in [7, 11) is -3.49. The van der Waals surface area contributed by atoms with Crippen LogP contribution in [0.25, 0.3) is 0 Å². The van der Waals surface area contributed by atoms with Gasteiger partial charge in [0.1, 0.15) is 0 Å². The number of hydrogen-bond donors (Lipinski definition) is 2. The van der Waals surface area contributed by atoms with Crippen LogP contribution in [0.2, 0.25) is 0 Å². The maximum Gasteiger partial charge on any atom is 0.243 e. The van der Waals surface area contributed by atoms with Crippen molar-refractivity contribution in [3.8, 4) is 0 Å². The van der Waals surface area contributed by atoms with Crippen molar-refractivity contribution in [1.82, 2.24) is 9.62 Å². The van der Waals surface area contributed by atoms with Gasteiger partial charge in [-0.15, -0.1) is 0 Å². The number of amides is 1. The molecule has 1 aliphatic rings. The molecule has 0 saturated carbocycles. The highest BCUT2D eigenvalue weighted by Gasteiger charge is 2.26. The SMILES string of the molecule is C[C@@H](NC(c1ccccc1)c1ccccc1)C(=O)Nc1ccc(S(=O)(=O)N2CCCCC2)cc1. The van der Waals surface area contributed by atoms with Crippen molar-refractivity contribution >= 4 is 21.6 Å². The molecule has 0 aliphatic carbocycles. The third-order valence-electron chi connectivity index (χ3n) is 6.15. The fraction of sp³-hybridized carbons (Fsp3) is 0.296. The van der Waals surface area contributed by atoms with Gasteiger partial charge >= 0.3 is 0 Å². The zero-order chi connectivity index (χ0) is 24.0. The maximum absolute atomic E-state index is 12.9. The fourth-order valence-electron chi connectivity index (χ4n) is 4.22. The van der Waals surface area contributed by atoms with Crippen LogP contribution in [0.4, 0.5) is 5.69 Å². The summed E-state index contributed by atoms with van der Waals surface area (Å²) in [5, 5.41) is 6.33. The van der Waals surface area contributed by atoms with Crippen molar-refractivity contribution in [3.05, 3.63) is 96.1 Å². The summed E-state index contributed by atoms with van der Waals surface area (Å²) < 4.78 is 27.2. The van der Waals surface area contributed by atoms with E-state index < -0.39 is 16.1 Å². The van der Waals surface area contributed by atoms with E-state index in [9.17, 15) is 13.2 Å². The fourth-order valence-corrected chi connectivity index (χ4v) is 5.73. The highest BCUT2D eigenvalue weighted by atomic mass is 32.2. The number of piperidine rings is 1. The molecule has 0 aromatic heterocycles. The van der Waals surface area contributed by atoms with E-state index in [1.165, 1.54) is 0 Å². The molecular formula is C27H31N3O3S. The monoisotopic (exact) mass is 477 g/mol. The molecule has 1 fully saturated rings. The molecule has 3 aromatic rings. The highest BCUT2D eigenvalue weighted by Crippen LogP contribution is 2.24. The highest BCUT2D eigenvalue weighted by molar-refractivity contribution is 7.89. The maximum atomic E-state index is 12.9. The third kappa shape index (κ3) is 5.73. The van der Waals surface area contributed by atoms with E-state index in [4.69, 9.17) is 0 Å². The summed E-state index contributed by atoms with van der Waals surface area (Å²) >= 11 is 0. The summed E-state index contributed by atoms with van der Waals surface area (Å²) in [6.45, 7) is 2.95. The van der Waals surface area contributed by atoms with Crippen molar-refractivity contribution in [1.29, 1.82) is 0 Å². The van der Waals surface area contributed by atoms with Crippen LogP contribution >= 0.6 is 0 Å². The molecule has 3 aromatic carbocycles. The Morgan fingerprint density at radius 1 is 0.794 bits per heavy atom. The van der Waals surface area contributed by atoms with Gasteiger partial charge in [0.2, 0.25) is 15.9 Å². The predicted molar refractivity (Wildman–Crippen MR) is 135 cm³/mol. The molecular weight excluding hydrogens is 446 g/mol. The standard InChI is InChI=1S/C27H31N3O3S/c1-21(28-26(22-11-5-2-6-12-22)23-13-7-3-8-14-23)27(31)29-24-15-17-25(18-16-24)34(32,33)30-19-9-4-10-20-30/h2-3,5-8,11-18,21,26,28H,4,9-10,19-20H2,1H3,(H,29,31)/t21-/m1/s1. The molecule has 1 aliphatic heterocycles. The average Bonchev–Trinajstić information content (AvgIpc) is 2.89. The second-order valence-corrected chi connectivity index (χ2v) is 10.6. The second kappa shape index (κ2) is 11.0. The van der Waals surface area contributed by atoms with Gasteiger partial charge in [-0.1, -0.05) is 67.1 Å². The molecule has 1 amide bonds. The van der Waals surface area contributed by atoms with Gasteiger partial charge in [0, 0.05) is 18.8 Å². The van der Waals surface area contributed by atoms with Gasteiger partial charge in [-0.25, -0.2) is 8.42 Å². The first-order chi connectivity index (χ1) is 16.4. The minimum atomic E-state index is -3.49. The third-order valence-corrected chi connectivity index (χ3v) is 8.06. The molecule has 1 saturated heterocycles. The zero-order valence-corrected chi connectivity index (χ0v) is 20.2. The number of hydrogen-bond acceptors (Lipinski definition) is 4. The first-order valence-corrected chi connectivity index (χ1v) is 13.2. The number of nitrogens with zero attached hydrogens (tertiary/aromatic N) is 1. The molecule has 178 valence electrons. The molecule has 6 nitrogen and oxygen atoms in total. The van der Waals surface area contributed by atoms with E-state index in [0.29, 0.717) is 18.8 Å². The minimum absolute atomic E-state index is 0.139. The van der Waals surface area contributed by atoms with Crippen LogP contribution in [0.15, 0.2) is 89.8 Å². The molecule has 2 N–H and O–H groups in total. The Labute approximate surface area is 202 Å². The Kier molecular flexibility index (Phi) is 7.77. The summed E-state index contributed by atoms with van der Waals surface area (Å²) in [6, 6.07) is 25.8. The second-order valence-electron chi connectivity index (χ2n) is 8.62. The largest absolute Gasteiger partial charge is 0.325 e. The van der Waals surface area contributed by atoms with Gasteiger partial charge in [0.25, 0.3) is 0 Å². The van der Waals surface area contributed by atoms with Gasteiger partial charge in [-0.05, 0) is 55.2 Å². The first kappa shape index (κ1) is 24.1. The van der Waals surface area contributed by atoms with E-state index in [1.807, 2.05) is 67.6 Å². The topological polar surface area (TPSA) is 78.5 Å². The number of anilines is 1. The number of carbonyl (C=O) groups is 1. The smallest absolute Gasteiger partial charge is 0.243 e. The number of sulfonamides is 1. The van der Waals surface area contributed by atoms with E-state index in [1.54, 1.807) is 28.6 Å². The lowest BCUT2D eigenvalue weighted by Crippen LogP contribution is -2.40. The van der Waals surface area contributed by atoms with Crippen LogP contribution in [-0.4, -0.2) is 37.8 Å². The van der Waals surface area contributed by atoms with Gasteiger partial charge < -0.3 is 5.32 Å². The van der Waals surface area contributed by atoms with Crippen molar-refractivity contribution in [3.63, 3.8) is 0 Å². The number of benzene rings is 3. The summed E-state index contributed by atoms with van der Waals surface area (Å²) in [6.07, 6.45) is 2.86. The molecule has 0 bridgehead atoms. The van der Waals surface area contributed by atoms with Crippen molar-refractivity contribution in [2.75, 3.05) is 18.4 Å². The van der Waals surface area contributed by atoms with Crippen molar-refractivity contribution in [2.45, 2.75) is 43.2 Å². The quantitative estimate of drug-likeness (QED) is 0.498. The van der Waals surface area contributed by atoms with E-state index in [0.717, 1.165) is 30.4 Å². The van der Waals surface area contributed by atoms with Crippen LogP contribution < -0.4 is 10.6 Å². The van der Waals surface area contributed by atoms with Crippen LogP contribution in [0, 0.1) is 0 Å². The van der Waals surface area contributed by atoms with Crippen LogP contribution in [0.3, 0.4) is 0 Å². The molecule has 4 rings (SSSR count). The Bertz CT molecular complexity index is 1140. The van der Waals surface area contributed by atoms with Crippen LogP contribution in [0.1, 0.15) is 43.4 Å². The van der Waals surface area contributed by atoms with Crippen molar-refractivity contribution < 1.29 is 13.2 Å². The Morgan fingerprint density at radius 3 is 1.85 bits per heavy atom. The number of rotatable bonds is 8. The number of nitrogens with one attached hydrogen (secondary N) is 2. The summed E-state index contributed by atoms with van der Waals surface area (Å²) in [5.41, 5.74) is 2.70. The summed E-state index contributed by atoms with van der Waals surface area (Å²) in [4.78, 5) is 13.2. The van der Waals surface area contributed by atoms with Gasteiger partial charge in [0.05, 0.1) is 17.0 Å². The van der Waals surface area contributed by atoms with Crippen LogP contribution in [-0.2, 0) is 14.8 Å². The van der Waals surface area contributed by atoms with Gasteiger partial charge in [-0.2, -0.15) is 4.31 Å². The molecule has 0 spiro atoms. The zero-order valence-electron chi connectivity index (χ0n) is 19.4. The Morgan fingerprint density at radius 2 is 1.32 bits per heavy atom. The molecule has 34 heavy (non-hydrogen) atoms. The lowest BCUT2D eigenvalue weighted by atomic mass is 9.98. The number of carbonyl (C=O) groups excluding carboxylic acids is 1. The minimum Gasteiger partial charge on any atom is -0.325 e. The van der Waals surface area contributed by atoms with Crippen LogP contribution in [0.5, 0.6) is 0 Å². The van der Waals surface area contributed by atoms with E-state index >= 15 is 0 Å². The van der Waals surface area contributed by atoms with E-state index in [-0.39, 0.29) is 16.8 Å². The lowest BCUT2D eigenvalue weighted by molar-refractivity contribution is -0.117. The normalized spacial score (nSPS) is 15.7. The average molecular weight is 478 g/mol. The Hall–Kier alpha value is -3.00. The van der Waals surface area contributed by atoms with Gasteiger partial charge in [-0.3, -0.25) is 10.1 Å². The summed E-state index contributed by atoms with van der Waals surface area (Å²) in [5.74, 6) is -0.191. The first-order valence-electron chi connectivity index (χ1n) is 11.7. The molecule has 0 unspecified atom stereocenters. The molecule has 7 heteroatoms. The predicted octanol–water partition coefficient (Wildman–Crippen LogP) is 4.57. The molecule has 1 atom stereocenters. The molecule has 0 radical (unpaired) electrons. The van der Waals surface area contributed by atoms with E-state index in [2.05, 4.69) is 10.6 Å². The molecule has 1 heterocycles. The van der Waals surface area contributed by atoms with Gasteiger partial charge in [0.15, 0.2) is 0 Å². The lowest BCUT2D eigenvalue weighted by Gasteiger charge is -2.26. The van der Waals surface area contributed by atoms with Crippen molar-refractivity contribution in [2.24, 2.45) is 0 Å². The Balaban J connectivity index is 1.43.